The summed E-state index contributed by atoms with van der Waals surface area (Å²) >= 11 is 5.15. The molecule has 0 atom stereocenters. The van der Waals surface area contributed by atoms with Gasteiger partial charge in [0.1, 0.15) is 5.69 Å². The largest absolute Gasteiger partial charge is 0.281 e. The van der Waals surface area contributed by atoms with Crippen LogP contribution in [0.3, 0.4) is 0 Å². The van der Waals surface area contributed by atoms with Crippen molar-refractivity contribution >= 4 is 38.5 Å². The molecule has 1 rings (SSSR count). The highest BCUT2D eigenvalue weighted by atomic mass is 127. The summed E-state index contributed by atoms with van der Waals surface area (Å²) in [5.74, 6) is 0. The third-order valence-corrected chi connectivity index (χ3v) is 3.12. The van der Waals surface area contributed by atoms with Crippen molar-refractivity contribution in [2.45, 2.75) is 18.7 Å². The van der Waals surface area contributed by atoms with Crippen LogP contribution in [0.5, 0.6) is 0 Å². The van der Waals surface area contributed by atoms with E-state index in [9.17, 15) is 8.78 Å². The van der Waals surface area contributed by atoms with E-state index in [-0.39, 0.29) is 5.69 Å². The van der Waals surface area contributed by atoms with Crippen LogP contribution in [0.25, 0.3) is 0 Å². The molecule has 1 nitrogen and oxygen atoms in total. The van der Waals surface area contributed by atoms with Gasteiger partial charge < -0.3 is 0 Å². The van der Waals surface area contributed by atoms with Crippen molar-refractivity contribution in [3.63, 3.8) is 0 Å². The first kappa shape index (κ1) is 11.3. The van der Waals surface area contributed by atoms with E-state index in [2.05, 4.69) is 20.9 Å². The summed E-state index contributed by atoms with van der Waals surface area (Å²) < 4.78 is 25.3. The lowest BCUT2D eigenvalue weighted by Gasteiger charge is -2.07. The fourth-order valence-corrected chi connectivity index (χ4v) is 2.23. The first-order valence-corrected chi connectivity index (χ1v) is 5.76. The molecule has 0 amide bonds. The van der Waals surface area contributed by atoms with Crippen molar-refractivity contribution in [2.24, 2.45) is 0 Å². The highest BCUT2D eigenvalue weighted by Crippen LogP contribution is 2.25. The fourth-order valence-electron chi connectivity index (χ4n) is 0.926. The van der Waals surface area contributed by atoms with Crippen LogP contribution in [0.4, 0.5) is 8.78 Å². The van der Waals surface area contributed by atoms with Gasteiger partial charge in [0.05, 0.1) is 0 Å². The summed E-state index contributed by atoms with van der Waals surface area (Å²) in [4.78, 5) is 3.86. The molecule has 1 heterocycles. The van der Waals surface area contributed by atoms with E-state index in [0.717, 1.165) is 5.56 Å². The Morgan fingerprint density at radius 2 is 2.23 bits per heavy atom. The third-order valence-electron chi connectivity index (χ3n) is 1.65. The number of hydrogen-bond donors (Lipinski definition) is 0. The molecule has 0 unspecified atom stereocenters. The van der Waals surface area contributed by atoms with Gasteiger partial charge in [-0.15, -0.1) is 0 Å². The molecule has 0 aliphatic heterocycles. The molecule has 0 aromatic carbocycles. The van der Waals surface area contributed by atoms with Gasteiger partial charge in [-0.05, 0) is 41.1 Å². The van der Waals surface area contributed by atoms with Crippen LogP contribution < -0.4 is 0 Å². The Hall–Kier alpha value is 0.220. The van der Waals surface area contributed by atoms with Gasteiger partial charge in [-0.2, -0.15) is 0 Å². The van der Waals surface area contributed by atoms with Gasteiger partial charge in [-0.3, -0.25) is 4.98 Å². The molecular formula is C8H7BrF2IN. The van der Waals surface area contributed by atoms with Gasteiger partial charge in [0.25, 0.3) is 6.43 Å². The molecule has 0 radical (unpaired) electrons. The zero-order chi connectivity index (χ0) is 10.0. The van der Waals surface area contributed by atoms with E-state index in [4.69, 9.17) is 0 Å². The normalized spacial score (nSPS) is 10.9. The maximum atomic E-state index is 12.4. The Kier molecular flexibility index (Phi) is 4.03. The highest BCUT2D eigenvalue weighted by molar-refractivity contribution is 14.1. The number of rotatable bonds is 2. The van der Waals surface area contributed by atoms with Crippen molar-refractivity contribution in [3.05, 3.63) is 26.6 Å². The molecule has 0 spiro atoms. The minimum Gasteiger partial charge on any atom is -0.251 e. The lowest BCUT2D eigenvalue weighted by atomic mass is 10.2. The quantitative estimate of drug-likeness (QED) is 0.576. The number of aromatic nitrogens is 1. The van der Waals surface area contributed by atoms with Gasteiger partial charge in [-0.1, -0.05) is 15.9 Å². The Morgan fingerprint density at radius 3 is 2.69 bits per heavy atom. The second-order valence-corrected chi connectivity index (χ2v) is 4.26. The summed E-state index contributed by atoms with van der Waals surface area (Å²) in [6, 6.07) is 1.74. The standard InChI is InChI=1S/C8H7BrF2IN/c1-4-5(3-9)2-6(12)7(13-4)8(10)11/h2,8H,3H2,1H3. The van der Waals surface area contributed by atoms with Gasteiger partial charge in [-0.25, -0.2) is 8.78 Å². The Bertz CT molecular complexity index is 317. The Morgan fingerprint density at radius 1 is 1.62 bits per heavy atom. The topological polar surface area (TPSA) is 12.9 Å². The summed E-state index contributed by atoms with van der Waals surface area (Å²) in [7, 11) is 0. The maximum absolute atomic E-state index is 12.4. The van der Waals surface area contributed by atoms with Crippen molar-refractivity contribution in [1.29, 1.82) is 0 Å². The first-order chi connectivity index (χ1) is 6.06. The summed E-state index contributed by atoms with van der Waals surface area (Å²) in [6.07, 6.45) is -2.49. The number of alkyl halides is 3. The van der Waals surface area contributed by atoms with Gasteiger partial charge in [0.15, 0.2) is 0 Å². The second-order valence-electron chi connectivity index (χ2n) is 2.53. The van der Waals surface area contributed by atoms with E-state index in [0.29, 0.717) is 14.6 Å². The number of pyridine rings is 1. The van der Waals surface area contributed by atoms with E-state index in [1.807, 2.05) is 22.6 Å². The van der Waals surface area contributed by atoms with Crippen LogP contribution >= 0.6 is 38.5 Å². The molecule has 5 heteroatoms. The molecule has 0 bridgehead atoms. The lowest BCUT2D eigenvalue weighted by molar-refractivity contribution is 0.145. The number of halogens is 4. The number of aryl methyl sites for hydroxylation is 1. The molecule has 0 N–H and O–H groups in total. The molecule has 72 valence electrons. The molecular weight excluding hydrogens is 355 g/mol. The number of nitrogens with zero attached hydrogens (tertiary/aromatic N) is 1. The average Bonchev–Trinajstić information content (AvgIpc) is 2.07. The summed E-state index contributed by atoms with van der Waals surface area (Å²) in [5, 5.41) is 0.644. The fraction of sp³-hybridized carbons (Fsp3) is 0.375. The molecule has 13 heavy (non-hydrogen) atoms. The zero-order valence-electron chi connectivity index (χ0n) is 6.82. The molecule has 0 fully saturated rings. The van der Waals surface area contributed by atoms with Crippen LogP contribution in [0.15, 0.2) is 6.07 Å². The summed E-state index contributed by atoms with van der Waals surface area (Å²) in [5.41, 5.74) is 1.49. The minimum atomic E-state index is -2.49. The summed E-state index contributed by atoms with van der Waals surface area (Å²) in [6.45, 7) is 1.73. The van der Waals surface area contributed by atoms with Gasteiger partial charge in [0.2, 0.25) is 0 Å². The van der Waals surface area contributed by atoms with Gasteiger partial charge >= 0.3 is 0 Å². The Balaban J connectivity index is 3.20. The van der Waals surface area contributed by atoms with Crippen LogP contribution in [-0.4, -0.2) is 4.98 Å². The minimum absolute atomic E-state index is 0.122. The molecule has 1 aromatic heterocycles. The maximum Gasteiger partial charge on any atom is 0.281 e. The molecule has 1 aromatic rings. The SMILES string of the molecule is Cc1nc(C(F)F)c(I)cc1CBr. The number of hydrogen-bond acceptors (Lipinski definition) is 1. The second kappa shape index (κ2) is 4.63. The van der Waals surface area contributed by atoms with Crippen molar-refractivity contribution in [1.82, 2.24) is 4.98 Å². The predicted molar refractivity (Wildman–Crippen MR) is 59.3 cm³/mol. The molecule has 0 saturated carbocycles. The molecule has 0 aliphatic rings. The monoisotopic (exact) mass is 361 g/mol. The van der Waals surface area contributed by atoms with Crippen LogP contribution in [0.1, 0.15) is 23.4 Å². The highest BCUT2D eigenvalue weighted by Gasteiger charge is 2.15. The lowest BCUT2D eigenvalue weighted by Crippen LogP contribution is -2.00. The molecule has 0 aliphatic carbocycles. The average molecular weight is 362 g/mol. The first-order valence-electron chi connectivity index (χ1n) is 3.56. The van der Waals surface area contributed by atoms with Crippen LogP contribution in [0, 0.1) is 10.5 Å². The predicted octanol–water partition coefficient (Wildman–Crippen LogP) is 3.83. The van der Waals surface area contributed by atoms with E-state index in [1.165, 1.54) is 0 Å². The van der Waals surface area contributed by atoms with Crippen molar-refractivity contribution in [3.8, 4) is 0 Å². The smallest absolute Gasteiger partial charge is 0.251 e. The van der Waals surface area contributed by atoms with E-state index < -0.39 is 6.43 Å². The Labute approximate surface area is 97.2 Å². The van der Waals surface area contributed by atoms with Crippen LogP contribution in [0.2, 0.25) is 0 Å². The van der Waals surface area contributed by atoms with Crippen molar-refractivity contribution < 1.29 is 8.78 Å². The van der Waals surface area contributed by atoms with Gasteiger partial charge in [0, 0.05) is 14.6 Å². The van der Waals surface area contributed by atoms with E-state index >= 15 is 0 Å². The zero-order valence-corrected chi connectivity index (χ0v) is 10.6. The van der Waals surface area contributed by atoms with E-state index in [1.54, 1.807) is 13.0 Å². The molecule has 0 saturated heterocycles. The van der Waals surface area contributed by atoms with Crippen LogP contribution in [-0.2, 0) is 5.33 Å². The van der Waals surface area contributed by atoms with Crippen molar-refractivity contribution in [2.75, 3.05) is 0 Å². The third kappa shape index (κ3) is 2.59.